The second-order valence-corrected chi connectivity index (χ2v) is 7.43. The highest BCUT2D eigenvalue weighted by molar-refractivity contribution is 6.01. The topological polar surface area (TPSA) is 92.4 Å². The average Bonchev–Trinajstić information content (AvgIpc) is 3.39. The number of carbonyl (C=O) groups is 2. The van der Waals surface area contributed by atoms with E-state index in [2.05, 4.69) is 5.32 Å². The zero-order valence-corrected chi connectivity index (χ0v) is 16.1. The molecule has 1 aliphatic rings. The Morgan fingerprint density at radius 3 is 2.39 bits per heavy atom. The summed E-state index contributed by atoms with van der Waals surface area (Å²) in [7, 11) is 0. The first kappa shape index (κ1) is 19.6. The van der Waals surface area contributed by atoms with E-state index in [4.69, 9.17) is 5.73 Å². The van der Waals surface area contributed by atoms with Crippen molar-refractivity contribution in [3.8, 4) is 11.1 Å². The van der Waals surface area contributed by atoms with Gasteiger partial charge in [0, 0.05) is 16.8 Å². The van der Waals surface area contributed by atoms with Gasteiger partial charge < -0.3 is 16.2 Å². The first-order chi connectivity index (χ1) is 13.1. The van der Waals surface area contributed by atoms with E-state index in [1.54, 1.807) is 25.1 Å². The zero-order chi connectivity index (χ0) is 20.6. The Morgan fingerprint density at radius 2 is 1.82 bits per heavy atom. The standard InChI is InChI=1S/C22H23FN2O3/c1-12-10-18(17-5-4-16(24)11-19(17)23)13(2)8-15(12)9-14(3)20(26)25-22(6-7-22)21(27)28/h4-5,8-11H,6-7,24H2,1-3H3,(H,25,26)(H,27,28)/b14-9+. The van der Waals surface area contributed by atoms with Crippen molar-refractivity contribution in [2.75, 3.05) is 5.73 Å². The molecule has 1 amide bonds. The van der Waals surface area contributed by atoms with Crippen LogP contribution in [0, 0.1) is 19.7 Å². The lowest BCUT2D eigenvalue weighted by Crippen LogP contribution is -2.43. The fourth-order valence-electron chi connectivity index (χ4n) is 3.17. The van der Waals surface area contributed by atoms with Crippen LogP contribution in [0.25, 0.3) is 17.2 Å². The molecular formula is C22H23FN2O3. The number of benzene rings is 2. The molecule has 0 aromatic heterocycles. The largest absolute Gasteiger partial charge is 0.480 e. The third-order valence-electron chi connectivity index (χ3n) is 5.14. The number of nitrogens with two attached hydrogens (primary N) is 1. The van der Waals surface area contributed by atoms with Crippen LogP contribution in [0.5, 0.6) is 0 Å². The molecule has 0 spiro atoms. The number of hydrogen-bond acceptors (Lipinski definition) is 3. The summed E-state index contributed by atoms with van der Waals surface area (Å²) < 4.78 is 14.3. The van der Waals surface area contributed by atoms with Gasteiger partial charge in [-0.3, -0.25) is 4.79 Å². The lowest BCUT2D eigenvalue weighted by atomic mass is 9.93. The van der Waals surface area contributed by atoms with Crippen LogP contribution in [0.1, 0.15) is 36.5 Å². The van der Waals surface area contributed by atoms with Crippen molar-refractivity contribution in [2.45, 2.75) is 39.2 Å². The Balaban J connectivity index is 1.89. The number of nitrogen functional groups attached to an aromatic ring is 1. The molecule has 6 heteroatoms. The number of hydrogen-bond donors (Lipinski definition) is 3. The van der Waals surface area contributed by atoms with Crippen LogP contribution < -0.4 is 11.1 Å². The van der Waals surface area contributed by atoms with E-state index in [9.17, 15) is 19.1 Å². The van der Waals surface area contributed by atoms with Gasteiger partial charge in [-0.2, -0.15) is 0 Å². The Labute approximate surface area is 163 Å². The van der Waals surface area contributed by atoms with Crippen LogP contribution in [-0.4, -0.2) is 22.5 Å². The summed E-state index contributed by atoms with van der Waals surface area (Å²) >= 11 is 0. The minimum absolute atomic E-state index is 0.367. The Hall–Kier alpha value is -3.15. The molecule has 146 valence electrons. The monoisotopic (exact) mass is 382 g/mol. The van der Waals surface area contributed by atoms with Gasteiger partial charge in [-0.15, -0.1) is 0 Å². The van der Waals surface area contributed by atoms with Crippen LogP contribution in [0.15, 0.2) is 35.9 Å². The SMILES string of the molecule is C/C(=C\c1cc(C)c(-c2ccc(N)cc2F)cc1C)C(=O)NC1(C(=O)O)CC1. The van der Waals surface area contributed by atoms with Gasteiger partial charge in [0.15, 0.2) is 0 Å². The molecule has 3 rings (SSSR count). The normalized spacial score (nSPS) is 15.2. The summed E-state index contributed by atoms with van der Waals surface area (Å²) in [6, 6.07) is 8.37. The van der Waals surface area contributed by atoms with Crippen molar-refractivity contribution < 1.29 is 19.1 Å². The summed E-state index contributed by atoms with van der Waals surface area (Å²) in [6.45, 7) is 5.41. The van der Waals surface area contributed by atoms with Gasteiger partial charge in [-0.05, 0) is 80.1 Å². The van der Waals surface area contributed by atoms with Crippen LogP contribution in [0.3, 0.4) is 0 Å². The lowest BCUT2D eigenvalue weighted by Gasteiger charge is -2.14. The van der Waals surface area contributed by atoms with Crippen LogP contribution in [0.2, 0.25) is 0 Å². The highest BCUT2D eigenvalue weighted by Gasteiger charge is 2.51. The first-order valence-electron chi connectivity index (χ1n) is 9.04. The molecule has 0 saturated heterocycles. The van der Waals surface area contributed by atoms with Crippen molar-refractivity contribution in [1.82, 2.24) is 5.32 Å². The molecule has 4 N–H and O–H groups in total. The third kappa shape index (κ3) is 3.76. The minimum atomic E-state index is -1.12. The van der Waals surface area contributed by atoms with E-state index in [-0.39, 0.29) is 5.82 Å². The van der Waals surface area contributed by atoms with Crippen LogP contribution in [0.4, 0.5) is 10.1 Å². The summed E-state index contributed by atoms with van der Waals surface area (Å²) in [4.78, 5) is 23.6. The number of aliphatic carboxylic acids is 1. The van der Waals surface area contributed by atoms with E-state index in [1.165, 1.54) is 6.07 Å². The van der Waals surface area contributed by atoms with Crippen LogP contribution >= 0.6 is 0 Å². The number of halogens is 1. The minimum Gasteiger partial charge on any atom is -0.480 e. The second kappa shape index (κ2) is 7.11. The molecular weight excluding hydrogens is 359 g/mol. The summed E-state index contributed by atoms with van der Waals surface area (Å²) in [5.74, 6) is -1.79. The van der Waals surface area contributed by atoms with Gasteiger partial charge in [0.2, 0.25) is 5.91 Å². The summed E-state index contributed by atoms with van der Waals surface area (Å²) in [6.07, 6.45) is 2.61. The van der Waals surface area contributed by atoms with Gasteiger partial charge >= 0.3 is 5.97 Å². The van der Waals surface area contributed by atoms with Crippen molar-refractivity contribution in [3.63, 3.8) is 0 Å². The Morgan fingerprint density at radius 1 is 1.14 bits per heavy atom. The highest BCUT2D eigenvalue weighted by atomic mass is 19.1. The van der Waals surface area contributed by atoms with Crippen molar-refractivity contribution in [3.05, 3.63) is 58.4 Å². The molecule has 0 unspecified atom stereocenters. The molecule has 1 saturated carbocycles. The van der Waals surface area contributed by atoms with Gasteiger partial charge in [0.1, 0.15) is 11.4 Å². The maximum absolute atomic E-state index is 14.3. The number of anilines is 1. The van der Waals surface area contributed by atoms with E-state index >= 15 is 0 Å². The molecule has 0 bridgehead atoms. The van der Waals surface area contributed by atoms with Crippen LogP contribution in [-0.2, 0) is 9.59 Å². The molecule has 1 aliphatic carbocycles. The first-order valence-corrected chi connectivity index (χ1v) is 9.04. The molecule has 5 nitrogen and oxygen atoms in total. The maximum Gasteiger partial charge on any atom is 0.329 e. The van der Waals surface area contributed by atoms with Crippen molar-refractivity contribution >= 4 is 23.6 Å². The predicted octanol–water partition coefficient (Wildman–Crippen LogP) is 3.83. The summed E-state index contributed by atoms with van der Waals surface area (Å²) in [5, 5.41) is 11.8. The highest BCUT2D eigenvalue weighted by Crippen LogP contribution is 2.36. The Bertz CT molecular complexity index is 1010. The maximum atomic E-state index is 14.3. The fraction of sp³-hybridized carbons (Fsp3) is 0.273. The number of rotatable bonds is 5. The average molecular weight is 382 g/mol. The molecule has 2 aromatic rings. The van der Waals surface area contributed by atoms with Gasteiger partial charge in [0.25, 0.3) is 0 Å². The number of carbonyl (C=O) groups excluding carboxylic acids is 1. The van der Waals surface area contributed by atoms with E-state index < -0.39 is 17.4 Å². The van der Waals surface area contributed by atoms with E-state index in [0.717, 1.165) is 22.3 Å². The predicted molar refractivity (Wildman–Crippen MR) is 107 cm³/mol. The second-order valence-electron chi connectivity index (χ2n) is 7.43. The van der Waals surface area contributed by atoms with E-state index in [1.807, 2.05) is 26.0 Å². The molecule has 2 aromatic carbocycles. The molecule has 28 heavy (non-hydrogen) atoms. The van der Waals surface area contributed by atoms with Gasteiger partial charge in [-0.25, -0.2) is 9.18 Å². The summed E-state index contributed by atoms with van der Waals surface area (Å²) in [5.41, 5.74) is 9.08. The molecule has 0 radical (unpaired) electrons. The molecule has 0 atom stereocenters. The molecule has 0 aliphatic heterocycles. The fourth-order valence-corrected chi connectivity index (χ4v) is 3.17. The van der Waals surface area contributed by atoms with Crippen molar-refractivity contribution in [2.24, 2.45) is 0 Å². The quantitative estimate of drug-likeness (QED) is 0.541. The van der Waals surface area contributed by atoms with Gasteiger partial charge in [-0.1, -0.05) is 12.1 Å². The number of carboxylic acid groups (broad SMARTS) is 1. The molecule has 1 fully saturated rings. The number of nitrogens with one attached hydrogen (secondary N) is 1. The number of amides is 1. The number of carboxylic acids is 1. The Kier molecular flexibility index (Phi) is 4.98. The zero-order valence-electron chi connectivity index (χ0n) is 16.1. The smallest absolute Gasteiger partial charge is 0.329 e. The lowest BCUT2D eigenvalue weighted by molar-refractivity contribution is -0.142. The van der Waals surface area contributed by atoms with Gasteiger partial charge in [0.05, 0.1) is 0 Å². The third-order valence-corrected chi connectivity index (χ3v) is 5.14. The molecule has 0 heterocycles. The van der Waals surface area contributed by atoms with Crippen molar-refractivity contribution in [1.29, 1.82) is 0 Å². The van der Waals surface area contributed by atoms with E-state index in [0.29, 0.717) is 29.7 Å². The number of aryl methyl sites for hydroxylation is 2.